The van der Waals surface area contributed by atoms with Crippen molar-refractivity contribution in [3.8, 4) is 0 Å². The standard InChI is InChI=1S/C11H9NOS/c1-8-12-11(13)10(14-8)7-9-5-3-2-4-6-9/h2-7H,1H3/b10-7-. The number of thioether (sulfide) groups is 1. The second-order valence-corrected chi connectivity index (χ2v) is 4.19. The van der Waals surface area contributed by atoms with Crippen molar-refractivity contribution in [3.63, 3.8) is 0 Å². The van der Waals surface area contributed by atoms with Gasteiger partial charge in [0.15, 0.2) is 0 Å². The largest absolute Gasteiger partial charge is 0.284 e. The first-order valence-electron chi connectivity index (χ1n) is 4.30. The van der Waals surface area contributed by atoms with E-state index in [1.54, 1.807) is 0 Å². The molecule has 0 bridgehead atoms. The topological polar surface area (TPSA) is 29.4 Å². The van der Waals surface area contributed by atoms with Crippen LogP contribution in [-0.2, 0) is 4.79 Å². The summed E-state index contributed by atoms with van der Waals surface area (Å²) in [6.45, 7) is 1.84. The van der Waals surface area contributed by atoms with Gasteiger partial charge in [-0.05, 0) is 18.6 Å². The molecule has 1 heterocycles. The van der Waals surface area contributed by atoms with Gasteiger partial charge in [-0.15, -0.1) is 0 Å². The molecule has 1 aliphatic rings. The van der Waals surface area contributed by atoms with E-state index < -0.39 is 0 Å². The third kappa shape index (κ3) is 1.93. The van der Waals surface area contributed by atoms with Crippen molar-refractivity contribution in [2.24, 2.45) is 4.99 Å². The van der Waals surface area contributed by atoms with Gasteiger partial charge in [-0.3, -0.25) is 4.79 Å². The highest BCUT2D eigenvalue weighted by Crippen LogP contribution is 2.27. The maximum atomic E-state index is 11.3. The van der Waals surface area contributed by atoms with Crippen molar-refractivity contribution in [1.29, 1.82) is 0 Å². The lowest BCUT2D eigenvalue weighted by Crippen LogP contribution is -1.87. The summed E-state index contributed by atoms with van der Waals surface area (Å²) >= 11 is 1.43. The predicted octanol–water partition coefficient (Wildman–Crippen LogP) is 2.72. The van der Waals surface area contributed by atoms with Crippen molar-refractivity contribution in [2.45, 2.75) is 6.92 Å². The van der Waals surface area contributed by atoms with Gasteiger partial charge in [-0.2, -0.15) is 0 Å². The quantitative estimate of drug-likeness (QED) is 0.657. The fourth-order valence-electron chi connectivity index (χ4n) is 1.22. The lowest BCUT2D eigenvalue weighted by Gasteiger charge is -1.94. The molecule has 1 aliphatic heterocycles. The number of aliphatic imine (C=N–C) groups is 1. The van der Waals surface area contributed by atoms with Crippen LogP contribution >= 0.6 is 11.8 Å². The summed E-state index contributed by atoms with van der Waals surface area (Å²) in [5.41, 5.74) is 1.04. The van der Waals surface area contributed by atoms with Crippen molar-refractivity contribution < 1.29 is 4.79 Å². The van der Waals surface area contributed by atoms with Crippen molar-refractivity contribution >= 4 is 28.8 Å². The van der Waals surface area contributed by atoms with Gasteiger partial charge >= 0.3 is 0 Å². The second kappa shape index (κ2) is 3.80. The molecule has 0 atom stereocenters. The summed E-state index contributed by atoms with van der Waals surface area (Å²) in [7, 11) is 0. The van der Waals surface area contributed by atoms with E-state index in [-0.39, 0.29) is 5.91 Å². The van der Waals surface area contributed by atoms with Gasteiger partial charge in [0.1, 0.15) is 0 Å². The Hall–Kier alpha value is -1.35. The molecule has 1 aromatic rings. The first kappa shape index (κ1) is 9.21. The highest BCUT2D eigenvalue weighted by Gasteiger charge is 2.17. The highest BCUT2D eigenvalue weighted by molar-refractivity contribution is 8.18. The molecule has 3 heteroatoms. The van der Waals surface area contributed by atoms with Crippen LogP contribution in [0.5, 0.6) is 0 Å². The van der Waals surface area contributed by atoms with E-state index in [1.165, 1.54) is 11.8 Å². The average molecular weight is 203 g/mol. The maximum absolute atomic E-state index is 11.3. The van der Waals surface area contributed by atoms with E-state index in [9.17, 15) is 4.79 Å². The lowest BCUT2D eigenvalue weighted by molar-refractivity contribution is -0.113. The molecular weight excluding hydrogens is 194 g/mol. The summed E-state index contributed by atoms with van der Waals surface area (Å²) in [4.78, 5) is 15.9. The third-order valence-corrected chi connectivity index (χ3v) is 2.72. The van der Waals surface area contributed by atoms with Crippen LogP contribution in [0.3, 0.4) is 0 Å². The summed E-state index contributed by atoms with van der Waals surface area (Å²) in [5, 5.41) is 0.817. The first-order valence-corrected chi connectivity index (χ1v) is 5.11. The minimum absolute atomic E-state index is 0.128. The zero-order valence-electron chi connectivity index (χ0n) is 7.73. The summed E-state index contributed by atoms with van der Waals surface area (Å²) in [6.07, 6.45) is 1.87. The van der Waals surface area contributed by atoms with Crippen LogP contribution in [0.25, 0.3) is 6.08 Å². The molecule has 0 N–H and O–H groups in total. The van der Waals surface area contributed by atoms with E-state index in [0.29, 0.717) is 4.91 Å². The highest BCUT2D eigenvalue weighted by atomic mass is 32.2. The Morgan fingerprint density at radius 3 is 2.57 bits per heavy atom. The Morgan fingerprint density at radius 1 is 1.29 bits per heavy atom. The molecular formula is C11H9NOS. The third-order valence-electron chi connectivity index (χ3n) is 1.82. The summed E-state index contributed by atoms with van der Waals surface area (Å²) in [6, 6.07) is 9.78. The zero-order chi connectivity index (χ0) is 9.97. The van der Waals surface area contributed by atoms with Gasteiger partial charge in [-0.1, -0.05) is 42.1 Å². The second-order valence-electron chi connectivity index (χ2n) is 2.96. The lowest BCUT2D eigenvalue weighted by atomic mass is 10.2. The van der Waals surface area contributed by atoms with Crippen molar-refractivity contribution in [1.82, 2.24) is 0 Å². The number of nitrogens with zero attached hydrogens (tertiary/aromatic N) is 1. The number of benzene rings is 1. The van der Waals surface area contributed by atoms with Crippen LogP contribution in [0.2, 0.25) is 0 Å². The van der Waals surface area contributed by atoms with Crippen LogP contribution in [0.1, 0.15) is 12.5 Å². The van der Waals surface area contributed by atoms with E-state index in [0.717, 1.165) is 10.6 Å². The van der Waals surface area contributed by atoms with Gasteiger partial charge in [-0.25, -0.2) is 4.99 Å². The van der Waals surface area contributed by atoms with Crippen LogP contribution < -0.4 is 0 Å². The molecule has 0 aromatic heterocycles. The van der Waals surface area contributed by atoms with Gasteiger partial charge in [0.05, 0.1) is 9.95 Å². The van der Waals surface area contributed by atoms with Crippen molar-refractivity contribution in [3.05, 3.63) is 40.8 Å². The van der Waals surface area contributed by atoms with E-state index >= 15 is 0 Å². The Bertz CT molecular complexity index is 420. The molecule has 70 valence electrons. The number of amides is 1. The van der Waals surface area contributed by atoms with Crippen LogP contribution in [-0.4, -0.2) is 11.0 Å². The molecule has 1 aromatic carbocycles. The normalized spacial score (nSPS) is 18.8. The number of carbonyl (C=O) groups excluding carboxylic acids is 1. The van der Waals surface area contributed by atoms with E-state index in [2.05, 4.69) is 4.99 Å². The zero-order valence-corrected chi connectivity index (χ0v) is 8.54. The Morgan fingerprint density at radius 2 is 2.00 bits per heavy atom. The molecule has 2 nitrogen and oxygen atoms in total. The SMILES string of the molecule is CC1=NC(=O)/C(=C/c2ccccc2)S1. The number of carbonyl (C=O) groups is 1. The average Bonchev–Trinajstić information content (AvgIpc) is 2.47. The molecule has 0 saturated heterocycles. The Kier molecular flexibility index (Phi) is 2.50. The monoisotopic (exact) mass is 203 g/mol. The van der Waals surface area contributed by atoms with Crippen LogP contribution in [0.4, 0.5) is 0 Å². The molecule has 0 aliphatic carbocycles. The van der Waals surface area contributed by atoms with Crippen LogP contribution in [0.15, 0.2) is 40.2 Å². The molecule has 14 heavy (non-hydrogen) atoms. The molecule has 2 rings (SSSR count). The molecule has 1 amide bonds. The summed E-state index contributed by atoms with van der Waals surface area (Å²) in [5.74, 6) is -0.128. The maximum Gasteiger partial charge on any atom is 0.284 e. The molecule has 0 fully saturated rings. The first-order chi connectivity index (χ1) is 6.75. The minimum Gasteiger partial charge on any atom is -0.266 e. The number of rotatable bonds is 1. The molecule has 0 saturated carbocycles. The summed E-state index contributed by atoms with van der Waals surface area (Å²) < 4.78 is 0. The fourth-order valence-corrected chi connectivity index (χ4v) is 1.99. The molecule has 0 unspecified atom stereocenters. The van der Waals surface area contributed by atoms with Crippen molar-refractivity contribution in [2.75, 3.05) is 0 Å². The minimum atomic E-state index is -0.128. The number of hydrogen-bond donors (Lipinski definition) is 0. The van der Waals surface area contributed by atoms with E-state index in [1.807, 2.05) is 43.3 Å². The Labute approximate surface area is 86.7 Å². The van der Waals surface area contributed by atoms with E-state index in [4.69, 9.17) is 0 Å². The predicted molar refractivity (Wildman–Crippen MR) is 60.1 cm³/mol. The number of hydrogen-bond acceptors (Lipinski definition) is 2. The van der Waals surface area contributed by atoms with Gasteiger partial charge in [0, 0.05) is 0 Å². The van der Waals surface area contributed by atoms with Gasteiger partial charge < -0.3 is 0 Å². The van der Waals surface area contributed by atoms with Gasteiger partial charge in [0.25, 0.3) is 5.91 Å². The Balaban J connectivity index is 2.26. The molecule has 0 radical (unpaired) electrons. The fraction of sp³-hybridized carbons (Fsp3) is 0.0909. The van der Waals surface area contributed by atoms with Gasteiger partial charge in [0.2, 0.25) is 0 Å². The van der Waals surface area contributed by atoms with Crippen LogP contribution in [0, 0.1) is 0 Å². The molecule has 0 spiro atoms. The smallest absolute Gasteiger partial charge is 0.266 e.